The van der Waals surface area contributed by atoms with E-state index in [2.05, 4.69) is 50.3 Å². The zero-order chi connectivity index (χ0) is 40.9. The van der Waals surface area contributed by atoms with Gasteiger partial charge in [-0.15, -0.1) is 0 Å². The van der Waals surface area contributed by atoms with Crippen LogP contribution in [0.15, 0.2) is 36.5 Å². The number of aliphatic hydroxyl groups is 4. The number of esters is 2. The summed E-state index contributed by atoms with van der Waals surface area (Å²) in [6.07, 6.45) is 34.3. The fraction of sp³-hybridized carbons (Fsp3) is 0.826. The normalized spacial score (nSPS) is 20.7. The van der Waals surface area contributed by atoms with Crippen LogP contribution in [-0.4, -0.2) is 89.0 Å². The Morgan fingerprint density at radius 3 is 1.54 bits per heavy atom. The molecule has 1 heterocycles. The highest BCUT2D eigenvalue weighted by Gasteiger charge is 2.44. The van der Waals surface area contributed by atoms with E-state index in [1.54, 1.807) is 0 Å². The van der Waals surface area contributed by atoms with Crippen LogP contribution in [0.5, 0.6) is 0 Å². The molecular weight excluding hydrogens is 712 g/mol. The molecule has 0 aromatic carbocycles. The van der Waals surface area contributed by atoms with Crippen molar-refractivity contribution in [1.82, 2.24) is 0 Å². The lowest BCUT2D eigenvalue weighted by atomic mass is 9.99. The molecule has 1 aliphatic heterocycles. The van der Waals surface area contributed by atoms with Gasteiger partial charge in [0.25, 0.3) is 0 Å². The summed E-state index contributed by atoms with van der Waals surface area (Å²) in [4.78, 5) is 25.3. The van der Waals surface area contributed by atoms with E-state index in [9.17, 15) is 30.0 Å². The second-order valence-corrected chi connectivity index (χ2v) is 15.5. The molecule has 0 saturated carbocycles. The molecule has 1 fully saturated rings. The predicted octanol–water partition coefficient (Wildman–Crippen LogP) is 9.50. The van der Waals surface area contributed by atoms with E-state index in [4.69, 9.17) is 18.9 Å². The standard InChI is InChI=1S/C46H82O10/c1-3-5-7-9-11-13-15-17-19-21-23-25-27-29-31-33-35-42(49)55-39(38-54-46-45(52)44(51)43(50)40(36-47)56-46)37-53-41(48)34-32-30-28-26-24-22-20-18-16-14-12-10-8-6-4-2/h12,14,18,20,24,26,39-40,43-47,50-52H,3-11,13,15-17,19,21-23,25,27-38H2,1-2H3/b14-12+,20-18+,26-24+/t39-,40-,43+,44?,45?,46-/m1/s1. The van der Waals surface area contributed by atoms with Crippen molar-refractivity contribution in [3.8, 4) is 0 Å². The summed E-state index contributed by atoms with van der Waals surface area (Å²) in [7, 11) is 0. The monoisotopic (exact) mass is 795 g/mol. The van der Waals surface area contributed by atoms with Gasteiger partial charge in [-0.05, 0) is 51.4 Å². The zero-order valence-electron chi connectivity index (χ0n) is 35.4. The minimum Gasteiger partial charge on any atom is -0.462 e. The second-order valence-electron chi connectivity index (χ2n) is 15.5. The Morgan fingerprint density at radius 1 is 0.554 bits per heavy atom. The Balaban J connectivity index is 2.35. The molecule has 0 aromatic rings. The number of ether oxygens (including phenoxy) is 4. The van der Waals surface area contributed by atoms with Crippen LogP contribution in [0.1, 0.15) is 187 Å². The smallest absolute Gasteiger partial charge is 0.306 e. The Labute approximate surface area is 340 Å². The number of hydrogen-bond acceptors (Lipinski definition) is 10. The van der Waals surface area contributed by atoms with Crippen molar-refractivity contribution in [3.05, 3.63) is 36.5 Å². The molecule has 0 bridgehead atoms. The van der Waals surface area contributed by atoms with Gasteiger partial charge < -0.3 is 39.4 Å². The molecule has 0 radical (unpaired) electrons. The van der Waals surface area contributed by atoms with Crippen LogP contribution in [-0.2, 0) is 28.5 Å². The maximum Gasteiger partial charge on any atom is 0.306 e. The zero-order valence-corrected chi connectivity index (χ0v) is 35.4. The van der Waals surface area contributed by atoms with Crippen molar-refractivity contribution in [1.29, 1.82) is 0 Å². The first-order valence-electron chi connectivity index (χ1n) is 22.6. The minimum absolute atomic E-state index is 0.225. The first-order valence-corrected chi connectivity index (χ1v) is 22.6. The molecule has 326 valence electrons. The van der Waals surface area contributed by atoms with E-state index < -0.39 is 55.4 Å². The summed E-state index contributed by atoms with van der Waals surface area (Å²) >= 11 is 0. The van der Waals surface area contributed by atoms with E-state index in [1.165, 1.54) is 96.3 Å². The van der Waals surface area contributed by atoms with Crippen molar-refractivity contribution >= 4 is 11.9 Å². The highest BCUT2D eigenvalue weighted by molar-refractivity contribution is 5.70. The molecule has 1 rings (SSSR count). The summed E-state index contributed by atoms with van der Waals surface area (Å²) in [6, 6.07) is 0. The topological polar surface area (TPSA) is 152 Å². The molecule has 10 heteroatoms. The SMILES string of the molecule is CCCCC/C=C/C/C=C/C/C=C/CCCCC(=O)OC[C@H](CO[C@@H]1O[C@H](CO)[C@H](O)C(O)C1O)OC(=O)CCCCCCCCCCCCCCCCCC. The molecule has 10 nitrogen and oxygen atoms in total. The first-order chi connectivity index (χ1) is 27.3. The maximum absolute atomic E-state index is 12.8. The quantitative estimate of drug-likeness (QED) is 0.0272. The molecule has 0 aromatic heterocycles. The molecule has 4 N–H and O–H groups in total. The Hall–Kier alpha value is -2.08. The fourth-order valence-electron chi connectivity index (χ4n) is 6.67. The van der Waals surface area contributed by atoms with Gasteiger partial charge in [0.15, 0.2) is 12.4 Å². The molecule has 1 saturated heterocycles. The van der Waals surface area contributed by atoms with Gasteiger partial charge in [-0.2, -0.15) is 0 Å². The van der Waals surface area contributed by atoms with Gasteiger partial charge in [0.05, 0.1) is 13.2 Å². The average molecular weight is 795 g/mol. The molecule has 56 heavy (non-hydrogen) atoms. The highest BCUT2D eigenvalue weighted by atomic mass is 16.7. The van der Waals surface area contributed by atoms with Gasteiger partial charge in [-0.1, -0.05) is 159 Å². The Morgan fingerprint density at radius 2 is 1.00 bits per heavy atom. The average Bonchev–Trinajstić information content (AvgIpc) is 3.19. The summed E-state index contributed by atoms with van der Waals surface area (Å²) in [6.45, 7) is 3.36. The molecule has 0 spiro atoms. The fourth-order valence-corrected chi connectivity index (χ4v) is 6.67. The third-order valence-corrected chi connectivity index (χ3v) is 10.3. The number of carbonyl (C=O) groups excluding carboxylic acids is 2. The third kappa shape index (κ3) is 28.3. The summed E-state index contributed by atoms with van der Waals surface area (Å²) in [5, 5.41) is 40.1. The molecule has 1 aliphatic rings. The van der Waals surface area contributed by atoms with Gasteiger partial charge in [0.1, 0.15) is 31.0 Å². The summed E-state index contributed by atoms with van der Waals surface area (Å²) in [5.74, 6) is -0.847. The van der Waals surface area contributed by atoms with Crippen LogP contribution in [0.25, 0.3) is 0 Å². The number of aliphatic hydroxyl groups excluding tert-OH is 4. The molecular formula is C46H82O10. The number of allylic oxidation sites excluding steroid dienone is 6. The maximum atomic E-state index is 12.8. The summed E-state index contributed by atoms with van der Waals surface area (Å²) in [5.41, 5.74) is 0. The van der Waals surface area contributed by atoms with E-state index in [1.807, 2.05) is 0 Å². The van der Waals surface area contributed by atoms with E-state index in [0.29, 0.717) is 12.8 Å². The number of rotatable bonds is 37. The number of unbranched alkanes of at least 4 members (excludes halogenated alkanes) is 20. The molecule has 0 amide bonds. The van der Waals surface area contributed by atoms with E-state index >= 15 is 0 Å². The van der Waals surface area contributed by atoms with E-state index in [0.717, 1.165) is 51.4 Å². The summed E-state index contributed by atoms with van der Waals surface area (Å²) < 4.78 is 22.1. The Bertz CT molecular complexity index is 1010. The van der Waals surface area contributed by atoms with Crippen molar-refractivity contribution in [3.63, 3.8) is 0 Å². The van der Waals surface area contributed by atoms with Crippen LogP contribution >= 0.6 is 0 Å². The van der Waals surface area contributed by atoms with Crippen LogP contribution < -0.4 is 0 Å². The Kier molecular flexibility index (Phi) is 34.5. The van der Waals surface area contributed by atoms with Crippen molar-refractivity contribution < 1.29 is 49.0 Å². The van der Waals surface area contributed by atoms with Crippen molar-refractivity contribution in [2.45, 2.75) is 224 Å². The van der Waals surface area contributed by atoms with E-state index in [-0.39, 0.29) is 26.1 Å². The molecule has 6 atom stereocenters. The van der Waals surface area contributed by atoms with Gasteiger partial charge in [-0.3, -0.25) is 9.59 Å². The predicted molar refractivity (Wildman–Crippen MR) is 224 cm³/mol. The van der Waals surface area contributed by atoms with Crippen LogP contribution in [0.2, 0.25) is 0 Å². The molecule has 0 aliphatic carbocycles. The lowest BCUT2D eigenvalue weighted by Gasteiger charge is -2.39. The first kappa shape index (κ1) is 51.9. The number of hydrogen-bond donors (Lipinski definition) is 4. The van der Waals surface area contributed by atoms with Gasteiger partial charge in [-0.25, -0.2) is 0 Å². The van der Waals surface area contributed by atoms with Gasteiger partial charge >= 0.3 is 11.9 Å². The largest absolute Gasteiger partial charge is 0.462 e. The van der Waals surface area contributed by atoms with Crippen molar-refractivity contribution in [2.75, 3.05) is 19.8 Å². The van der Waals surface area contributed by atoms with Gasteiger partial charge in [0.2, 0.25) is 0 Å². The van der Waals surface area contributed by atoms with Crippen LogP contribution in [0, 0.1) is 0 Å². The molecule has 2 unspecified atom stereocenters. The van der Waals surface area contributed by atoms with Crippen LogP contribution in [0.4, 0.5) is 0 Å². The second kappa shape index (κ2) is 37.2. The lowest BCUT2D eigenvalue weighted by Crippen LogP contribution is -2.59. The highest BCUT2D eigenvalue weighted by Crippen LogP contribution is 2.22. The minimum atomic E-state index is -1.60. The van der Waals surface area contributed by atoms with Crippen molar-refractivity contribution in [2.24, 2.45) is 0 Å². The lowest BCUT2D eigenvalue weighted by molar-refractivity contribution is -0.305. The third-order valence-electron chi connectivity index (χ3n) is 10.3. The van der Waals surface area contributed by atoms with Crippen LogP contribution in [0.3, 0.4) is 0 Å². The van der Waals surface area contributed by atoms with Gasteiger partial charge in [0, 0.05) is 12.8 Å². The number of carbonyl (C=O) groups is 2.